The van der Waals surface area contributed by atoms with E-state index in [2.05, 4.69) is 254 Å². The fourth-order valence-electron chi connectivity index (χ4n) is 8.40. The Balaban J connectivity index is 1.17. The Morgan fingerprint density at radius 1 is 0.237 bits per heavy atom. The minimum atomic E-state index is 1.08. The van der Waals surface area contributed by atoms with Crippen LogP contribution in [-0.2, 0) is 0 Å². The minimum absolute atomic E-state index is 1.08. The Kier molecular flexibility index (Phi) is 9.68. The Labute approximate surface area is 346 Å². The van der Waals surface area contributed by atoms with Gasteiger partial charge in [-0.1, -0.05) is 218 Å². The maximum Gasteiger partial charge on any atom is 0.0540 e. The molecule has 0 aliphatic carbocycles. The van der Waals surface area contributed by atoms with Gasteiger partial charge in [0.1, 0.15) is 0 Å². The van der Waals surface area contributed by atoms with Crippen LogP contribution < -0.4 is 4.90 Å². The highest BCUT2D eigenvalue weighted by Crippen LogP contribution is 2.47. The highest BCUT2D eigenvalue weighted by molar-refractivity contribution is 6.04. The van der Waals surface area contributed by atoms with Crippen molar-refractivity contribution in [3.05, 3.63) is 249 Å². The molecule has 0 fully saturated rings. The first-order valence-corrected chi connectivity index (χ1v) is 20.3. The summed E-state index contributed by atoms with van der Waals surface area (Å²) in [5.41, 5.74) is 17.5. The number of anilines is 3. The molecule has 10 rings (SSSR count). The van der Waals surface area contributed by atoms with Gasteiger partial charge in [0.25, 0.3) is 0 Å². The lowest BCUT2D eigenvalue weighted by Crippen LogP contribution is -2.12. The first-order chi connectivity index (χ1) is 29.3. The second-order valence-corrected chi connectivity index (χ2v) is 14.9. The van der Waals surface area contributed by atoms with Gasteiger partial charge in [-0.25, -0.2) is 0 Å². The lowest BCUT2D eigenvalue weighted by atomic mass is 9.89. The summed E-state index contributed by atoms with van der Waals surface area (Å²) in [6.45, 7) is 0. The number of rotatable bonds is 9. The van der Waals surface area contributed by atoms with Crippen molar-refractivity contribution < 1.29 is 0 Å². The van der Waals surface area contributed by atoms with Gasteiger partial charge in [0.2, 0.25) is 0 Å². The molecule has 1 nitrogen and oxygen atoms in total. The average Bonchev–Trinajstić information content (AvgIpc) is 3.33. The standard InChI is InChI=1S/C58H41N/c1-5-17-42(18-6-1)44-29-31-48(32-30-44)52-26-15-16-28-56(52)59(57-40-36-50(43-19-7-2-8-20-43)41-55(57)46-23-11-4-12-24-46)51-37-33-49(34-38-51)58-53-27-14-13-25-47(53)35-39-54(58)45-21-9-3-10-22-45/h1-41H. The van der Waals surface area contributed by atoms with Crippen molar-refractivity contribution in [1.29, 1.82) is 0 Å². The van der Waals surface area contributed by atoms with E-state index in [1.165, 1.54) is 55.3 Å². The van der Waals surface area contributed by atoms with Crippen molar-refractivity contribution >= 4 is 27.8 Å². The molecule has 0 radical (unpaired) electrons. The van der Waals surface area contributed by atoms with E-state index in [9.17, 15) is 0 Å². The van der Waals surface area contributed by atoms with Gasteiger partial charge in [0, 0.05) is 16.8 Å². The first-order valence-electron chi connectivity index (χ1n) is 20.3. The van der Waals surface area contributed by atoms with E-state index in [0.29, 0.717) is 0 Å². The quantitative estimate of drug-likeness (QED) is 0.142. The molecule has 0 aromatic heterocycles. The molecule has 0 saturated heterocycles. The van der Waals surface area contributed by atoms with E-state index >= 15 is 0 Å². The summed E-state index contributed by atoms with van der Waals surface area (Å²) in [5, 5.41) is 2.47. The molecular weight excluding hydrogens is 711 g/mol. The summed E-state index contributed by atoms with van der Waals surface area (Å²) in [7, 11) is 0. The second-order valence-electron chi connectivity index (χ2n) is 14.9. The zero-order chi connectivity index (χ0) is 39.4. The van der Waals surface area contributed by atoms with Crippen LogP contribution in [0, 0.1) is 0 Å². The third-order valence-electron chi connectivity index (χ3n) is 11.3. The molecule has 0 bridgehead atoms. The maximum atomic E-state index is 2.45. The Morgan fingerprint density at radius 2 is 0.678 bits per heavy atom. The fraction of sp³-hybridized carbons (Fsp3) is 0. The summed E-state index contributed by atoms with van der Waals surface area (Å²) in [6.07, 6.45) is 0. The Bertz CT molecular complexity index is 2990. The normalized spacial score (nSPS) is 11.1. The monoisotopic (exact) mass is 751 g/mol. The van der Waals surface area contributed by atoms with E-state index < -0.39 is 0 Å². The van der Waals surface area contributed by atoms with E-state index in [-0.39, 0.29) is 0 Å². The lowest BCUT2D eigenvalue weighted by Gasteiger charge is -2.30. The highest BCUT2D eigenvalue weighted by atomic mass is 15.1. The second kappa shape index (κ2) is 16.0. The fourth-order valence-corrected chi connectivity index (χ4v) is 8.40. The number of hydrogen-bond donors (Lipinski definition) is 0. The van der Waals surface area contributed by atoms with Gasteiger partial charge in [0.05, 0.1) is 11.4 Å². The van der Waals surface area contributed by atoms with Crippen molar-refractivity contribution in [2.24, 2.45) is 0 Å². The topological polar surface area (TPSA) is 3.24 Å². The smallest absolute Gasteiger partial charge is 0.0540 e. The zero-order valence-corrected chi connectivity index (χ0v) is 32.6. The van der Waals surface area contributed by atoms with Crippen molar-refractivity contribution in [1.82, 2.24) is 0 Å². The van der Waals surface area contributed by atoms with Crippen LogP contribution in [0.2, 0.25) is 0 Å². The molecule has 0 aliphatic heterocycles. The number of hydrogen-bond acceptors (Lipinski definition) is 1. The molecule has 0 spiro atoms. The molecular formula is C58H41N. The number of nitrogens with zero attached hydrogens (tertiary/aromatic N) is 1. The summed E-state index contributed by atoms with van der Waals surface area (Å²) < 4.78 is 0. The Hall–Kier alpha value is -7.74. The summed E-state index contributed by atoms with van der Waals surface area (Å²) in [4.78, 5) is 2.45. The molecule has 278 valence electrons. The molecule has 0 aliphatic rings. The van der Waals surface area contributed by atoms with Crippen molar-refractivity contribution in [2.75, 3.05) is 4.90 Å². The minimum Gasteiger partial charge on any atom is -0.309 e. The largest absolute Gasteiger partial charge is 0.309 e. The van der Waals surface area contributed by atoms with Gasteiger partial charge in [-0.15, -0.1) is 0 Å². The summed E-state index contributed by atoms with van der Waals surface area (Å²) >= 11 is 0. The molecule has 1 heteroatoms. The van der Waals surface area contributed by atoms with Crippen molar-refractivity contribution in [2.45, 2.75) is 0 Å². The maximum absolute atomic E-state index is 2.45. The van der Waals surface area contributed by atoms with Crippen LogP contribution in [0.3, 0.4) is 0 Å². The molecule has 10 aromatic carbocycles. The zero-order valence-electron chi connectivity index (χ0n) is 32.6. The molecule has 0 N–H and O–H groups in total. The summed E-state index contributed by atoms with van der Waals surface area (Å²) in [6, 6.07) is 89.9. The Morgan fingerprint density at radius 3 is 1.34 bits per heavy atom. The van der Waals surface area contributed by atoms with Crippen LogP contribution in [0.4, 0.5) is 17.1 Å². The van der Waals surface area contributed by atoms with E-state index in [1.807, 2.05) is 0 Å². The predicted molar refractivity (Wildman–Crippen MR) is 251 cm³/mol. The molecule has 0 atom stereocenters. The van der Waals surface area contributed by atoms with E-state index in [1.54, 1.807) is 0 Å². The van der Waals surface area contributed by atoms with Gasteiger partial charge >= 0.3 is 0 Å². The van der Waals surface area contributed by atoms with E-state index in [0.717, 1.165) is 39.3 Å². The molecule has 0 saturated carbocycles. The first kappa shape index (κ1) is 35.7. The number of benzene rings is 10. The van der Waals surface area contributed by atoms with Crippen molar-refractivity contribution in [3.8, 4) is 66.8 Å². The van der Waals surface area contributed by atoms with Gasteiger partial charge in [-0.2, -0.15) is 0 Å². The van der Waals surface area contributed by atoms with Crippen molar-refractivity contribution in [3.63, 3.8) is 0 Å². The summed E-state index contributed by atoms with van der Waals surface area (Å²) in [5.74, 6) is 0. The van der Waals surface area contributed by atoms with Crippen LogP contribution in [0.1, 0.15) is 0 Å². The van der Waals surface area contributed by atoms with Crippen LogP contribution in [0.15, 0.2) is 249 Å². The number of fused-ring (bicyclic) bond motifs is 1. The molecule has 0 unspecified atom stereocenters. The third-order valence-corrected chi connectivity index (χ3v) is 11.3. The SMILES string of the molecule is c1ccc(-c2ccc(-c3ccccc3N(c3ccc(-c4c(-c5ccccc5)ccc5ccccc45)cc3)c3ccc(-c4ccccc4)cc3-c3ccccc3)cc2)cc1. The van der Waals surface area contributed by atoms with Gasteiger partial charge in [0.15, 0.2) is 0 Å². The van der Waals surface area contributed by atoms with Gasteiger partial charge in [-0.05, 0) is 96.7 Å². The molecule has 0 amide bonds. The molecule has 10 aromatic rings. The average molecular weight is 752 g/mol. The van der Waals surface area contributed by atoms with E-state index in [4.69, 9.17) is 0 Å². The van der Waals surface area contributed by atoms with Crippen LogP contribution in [0.5, 0.6) is 0 Å². The lowest BCUT2D eigenvalue weighted by molar-refractivity contribution is 1.28. The third kappa shape index (κ3) is 7.12. The van der Waals surface area contributed by atoms with Crippen LogP contribution in [0.25, 0.3) is 77.5 Å². The number of para-hydroxylation sites is 1. The van der Waals surface area contributed by atoms with Gasteiger partial charge in [-0.3, -0.25) is 0 Å². The van der Waals surface area contributed by atoms with Crippen LogP contribution in [-0.4, -0.2) is 0 Å². The van der Waals surface area contributed by atoms with Gasteiger partial charge < -0.3 is 4.90 Å². The molecule has 0 heterocycles. The highest BCUT2D eigenvalue weighted by Gasteiger charge is 2.22. The van der Waals surface area contributed by atoms with Crippen LogP contribution >= 0.6 is 0 Å². The molecule has 59 heavy (non-hydrogen) atoms. The predicted octanol–water partition coefficient (Wildman–Crippen LogP) is 16.3.